The van der Waals surface area contributed by atoms with Crippen molar-refractivity contribution in [2.75, 3.05) is 39.0 Å². The molecule has 6 nitrogen and oxygen atoms in total. The van der Waals surface area contributed by atoms with E-state index in [0.29, 0.717) is 37.8 Å². The molecule has 1 aliphatic heterocycles. The van der Waals surface area contributed by atoms with Crippen molar-refractivity contribution >= 4 is 15.9 Å². The highest BCUT2D eigenvalue weighted by Gasteiger charge is 2.27. The summed E-state index contributed by atoms with van der Waals surface area (Å²) in [6.07, 6.45) is 0.268. The largest absolute Gasteiger partial charge is 0.496 e. The molecule has 1 amide bonds. The Morgan fingerprint density at radius 1 is 1.20 bits per heavy atom. The molecule has 1 aromatic rings. The highest BCUT2D eigenvalue weighted by molar-refractivity contribution is 7.89. The number of carbonyl (C=O) groups excluding carboxylic acids is 1. The van der Waals surface area contributed by atoms with Gasteiger partial charge in [0, 0.05) is 31.7 Å². The zero-order valence-corrected chi connectivity index (χ0v) is 16.3. The summed E-state index contributed by atoms with van der Waals surface area (Å²) in [6, 6.07) is 5.95. The lowest BCUT2D eigenvalue weighted by Crippen LogP contribution is -2.51. The molecule has 0 aromatic heterocycles. The summed E-state index contributed by atoms with van der Waals surface area (Å²) in [6.45, 7) is 7.47. The summed E-state index contributed by atoms with van der Waals surface area (Å²) < 4.78 is 30.7. The summed E-state index contributed by atoms with van der Waals surface area (Å²) in [7, 11) is -1.58. The molecule has 0 atom stereocenters. The van der Waals surface area contributed by atoms with Crippen LogP contribution in [0.25, 0.3) is 0 Å². The van der Waals surface area contributed by atoms with Crippen molar-refractivity contribution < 1.29 is 17.9 Å². The second-order valence-electron chi connectivity index (χ2n) is 6.58. The van der Waals surface area contributed by atoms with Gasteiger partial charge in [0.2, 0.25) is 15.9 Å². The number of hydrogen-bond donors (Lipinski definition) is 0. The molecule has 2 rings (SSSR count). The first-order valence-corrected chi connectivity index (χ1v) is 10.3. The zero-order chi connectivity index (χ0) is 18.6. The molecular formula is C18H28N2O4S. The Morgan fingerprint density at radius 3 is 2.36 bits per heavy atom. The fraction of sp³-hybridized carbons (Fsp3) is 0.611. The van der Waals surface area contributed by atoms with Crippen LogP contribution in [0.2, 0.25) is 0 Å². The lowest BCUT2D eigenvalue weighted by molar-refractivity contribution is -0.131. The van der Waals surface area contributed by atoms with Crippen molar-refractivity contribution in [3.8, 4) is 5.75 Å². The van der Waals surface area contributed by atoms with E-state index in [1.807, 2.05) is 18.2 Å². The van der Waals surface area contributed by atoms with Gasteiger partial charge in [-0.05, 0) is 24.5 Å². The maximum Gasteiger partial charge on any atom is 0.227 e. The predicted molar refractivity (Wildman–Crippen MR) is 98.4 cm³/mol. The van der Waals surface area contributed by atoms with Crippen molar-refractivity contribution in [3.05, 3.63) is 29.3 Å². The van der Waals surface area contributed by atoms with Crippen molar-refractivity contribution in [1.29, 1.82) is 0 Å². The molecular weight excluding hydrogens is 340 g/mol. The summed E-state index contributed by atoms with van der Waals surface area (Å²) in [5, 5.41) is 0. The predicted octanol–water partition coefficient (Wildman–Crippen LogP) is 1.85. The van der Waals surface area contributed by atoms with Crippen LogP contribution in [0.15, 0.2) is 18.2 Å². The lowest BCUT2D eigenvalue weighted by Gasteiger charge is -2.34. The Labute approximate surface area is 150 Å². The second kappa shape index (κ2) is 8.19. The molecule has 25 heavy (non-hydrogen) atoms. The van der Waals surface area contributed by atoms with Gasteiger partial charge < -0.3 is 9.64 Å². The third kappa shape index (κ3) is 4.73. The van der Waals surface area contributed by atoms with Crippen LogP contribution in [0.5, 0.6) is 5.75 Å². The van der Waals surface area contributed by atoms with Crippen LogP contribution in [0.1, 0.15) is 37.8 Å². The van der Waals surface area contributed by atoms with Crippen molar-refractivity contribution in [2.45, 2.75) is 33.1 Å². The quantitative estimate of drug-likeness (QED) is 0.769. The van der Waals surface area contributed by atoms with E-state index < -0.39 is 10.0 Å². The zero-order valence-electron chi connectivity index (χ0n) is 15.5. The minimum atomic E-state index is -3.18. The third-order valence-corrected chi connectivity index (χ3v) is 6.54. The standard InChI is InChI=1S/C18H28N2O4S/c1-5-25(22,23)20-10-8-19(9-11-20)18(21)13-16-12-15(14(2)3)6-7-17(16)24-4/h6-7,12,14H,5,8-11,13H2,1-4H3. The average Bonchev–Trinajstić information content (AvgIpc) is 2.61. The first-order valence-electron chi connectivity index (χ1n) is 8.71. The van der Waals surface area contributed by atoms with Gasteiger partial charge >= 0.3 is 0 Å². The third-order valence-electron chi connectivity index (χ3n) is 4.66. The van der Waals surface area contributed by atoms with E-state index in [4.69, 9.17) is 4.74 Å². The Hall–Kier alpha value is -1.60. The van der Waals surface area contributed by atoms with Gasteiger partial charge in [-0.25, -0.2) is 8.42 Å². The van der Waals surface area contributed by atoms with Crippen LogP contribution in [0.3, 0.4) is 0 Å². The first-order chi connectivity index (χ1) is 11.8. The molecule has 0 saturated carbocycles. The molecule has 0 N–H and O–H groups in total. The van der Waals surface area contributed by atoms with E-state index in [2.05, 4.69) is 13.8 Å². The number of nitrogens with zero attached hydrogens (tertiary/aromatic N) is 2. The number of carbonyl (C=O) groups is 1. The molecule has 1 aromatic carbocycles. The fourth-order valence-electron chi connectivity index (χ4n) is 2.97. The van der Waals surface area contributed by atoms with Crippen molar-refractivity contribution in [1.82, 2.24) is 9.21 Å². The van der Waals surface area contributed by atoms with E-state index in [1.54, 1.807) is 18.9 Å². The number of sulfonamides is 1. The molecule has 140 valence electrons. The molecule has 1 heterocycles. The number of piperazine rings is 1. The van der Waals surface area contributed by atoms with Gasteiger partial charge in [-0.1, -0.05) is 26.0 Å². The molecule has 7 heteroatoms. The molecule has 0 aliphatic carbocycles. The van der Waals surface area contributed by atoms with Crippen LogP contribution < -0.4 is 4.74 Å². The Kier molecular flexibility index (Phi) is 6.46. The molecule has 1 aliphatic rings. The topological polar surface area (TPSA) is 66.9 Å². The normalized spacial score (nSPS) is 16.3. The van der Waals surface area contributed by atoms with Gasteiger partial charge in [-0.2, -0.15) is 4.31 Å². The molecule has 0 unspecified atom stereocenters. The number of methoxy groups -OCH3 is 1. The molecule has 1 saturated heterocycles. The Balaban J connectivity index is 2.05. The van der Waals surface area contributed by atoms with Gasteiger partial charge in [0.25, 0.3) is 0 Å². The van der Waals surface area contributed by atoms with Crippen molar-refractivity contribution in [2.24, 2.45) is 0 Å². The van der Waals surface area contributed by atoms with E-state index in [-0.39, 0.29) is 18.1 Å². The monoisotopic (exact) mass is 368 g/mol. The van der Waals surface area contributed by atoms with Crippen LogP contribution in [-0.4, -0.2) is 62.6 Å². The summed E-state index contributed by atoms with van der Waals surface area (Å²) in [4.78, 5) is 14.4. The highest BCUT2D eigenvalue weighted by atomic mass is 32.2. The molecule has 0 bridgehead atoms. The van der Waals surface area contributed by atoms with Crippen LogP contribution >= 0.6 is 0 Å². The van der Waals surface area contributed by atoms with E-state index >= 15 is 0 Å². The second-order valence-corrected chi connectivity index (χ2v) is 8.84. The van der Waals surface area contributed by atoms with E-state index in [9.17, 15) is 13.2 Å². The number of ether oxygens (including phenoxy) is 1. The van der Waals surface area contributed by atoms with Gasteiger partial charge in [-0.15, -0.1) is 0 Å². The van der Waals surface area contributed by atoms with Crippen LogP contribution in [-0.2, 0) is 21.2 Å². The molecule has 0 spiro atoms. The lowest BCUT2D eigenvalue weighted by atomic mass is 9.98. The SMILES string of the molecule is CCS(=O)(=O)N1CCN(C(=O)Cc2cc(C(C)C)ccc2OC)CC1. The minimum absolute atomic E-state index is 0.00718. The Morgan fingerprint density at radius 2 is 1.84 bits per heavy atom. The maximum atomic E-state index is 12.6. The van der Waals surface area contributed by atoms with Gasteiger partial charge in [-0.3, -0.25) is 4.79 Å². The molecule has 0 radical (unpaired) electrons. The fourth-order valence-corrected chi connectivity index (χ4v) is 4.05. The van der Waals surface area contributed by atoms with Gasteiger partial charge in [0.05, 0.1) is 19.3 Å². The molecule has 1 fully saturated rings. The smallest absolute Gasteiger partial charge is 0.227 e. The van der Waals surface area contributed by atoms with E-state index in [0.717, 1.165) is 5.56 Å². The minimum Gasteiger partial charge on any atom is -0.496 e. The summed E-state index contributed by atoms with van der Waals surface area (Å²) in [5.41, 5.74) is 2.05. The van der Waals surface area contributed by atoms with E-state index in [1.165, 1.54) is 9.87 Å². The van der Waals surface area contributed by atoms with Crippen LogP contribution in [0, 0.1) is 0 Å². The maximum absolute atomic E-state index is 12.6. The number of hydrogen-bond acceptors (Lipinski definition) is 4. The summed E-state index contributed by atoms with van der Waals surface area (Å²) >= 11 is 0. The number of amides is 1. The van der Waals surface area contributed by atoms with Gasteiger partial charge in [0.1, 0.15) is 5.75 Å². The Bertz CT molecular complexity index is 708. The average molecular weight is 368 g/mol. The first kappa shape index (κ1) is 19.7. The summed E-state index contributed by atoms with van der Waals surface area (Å²) in [5.74, 6) is 1.19. The van der Waals surface area contributed by atoms with Gasteiger partial charge in [0.15, 0.2) is 0 Å². The van der Waals surface area contributed by atoms with Crippen LogP contribution in [0.4, 0.5) is 0 Å². The van der Waals surface area contributed by atoms with Crippen molar-refractivity contribution in [3.63, 3.8) is 0 Å². The number of rotatable bonds is 6. The number of benzene rings is 1. The highest BCUT2D eigenvalue weighted by Crippen LogP contribution is 2.25.